The van der Waals surface area contributed by atoms with Crippen molar-refractivity contribution in [2.24, 2.45) is 0 Å². The number of rotatable bonds is 9. The molecule has 0 saturated carbocycles. The Hall–Kier alpha value is -4.45. The lowest BCUT2D eigenvalue weighted by molar-refractivity contribution is -0.276. The molecule has 0 aliphatic rings. The van der Waals surface area contributed by atoms with Gasteiger partial charge in [-0.05, 0) is 53.3 Å². The third-order valence-electron chi connectivity index (χ3n) is 6.28. The van der Waals surface area contributed by atoms with Gasteiger partial charge < -0.3 is 9.47 Å². The van der Waals surface area contributed by atoms with E-state index in [9.17, 15) is 30.7 Å². The van der Waals surface area contributed by atoms with Gasteiger partial charge >= 0.3 is 12.5 Å². The monoisotopic (exact) mass is 621 g/mol. The molecule has 5 aromatic rings. The second-order valence-electron chi connectivity index (χ2n) is 9.30. The normalized spacial score (nSPS) is 12.0. The van der Waals surface area contributed by atoms with Gasteiger partial charge in [0.05, 0.1) is 10.2 Å². The Balaban J connectivity index is 1.37. The maximum atomic E-state index is 15.2. The first kappa shape index (κ1) is 30.0. The van der Waals surface area contributed by atoms with Gasteiger partial charge in [0, 0.05) is 17.7 Å². The number of halogens is 8. The van der Waals surface area contributed by atoms with Gasteiger partial charge in [-0.3, -0.25) is 0 Å². The number of thiazole rings is 1. The van der Waals surface area contributed by atoms with Crippen LogP contribution in [0.2, 0.25) is 0 Å². The minimum atomic E-state index is -5.41. The van der Waals surface area contributed by atoms with E-state index in [1.807, 2.05) is 30.3 Å². The third kappa shape index (κ3) is 6.80. The lowest BCUT2D eigenvalue weighted by Crippen LogP contribution is -2.22. The summed E-state index contributed by atoms with van der Waals surface area (Å²) >= 11 is 0.489. The first-order valence-electron chi connectivity index (χ1n) is 12.6. The molecule has 1 heterocycles. The van der Waals surface area contributed by atoms with Crippen LogP contribution in [0, 0.1) is 17.5 Å². The zero-order valence-corrected chi connectivity index (χ0v) is 22.6. The number of alkyl halides is 5. The Morgan fingerprint density at radius 2 is 1.40 bits per heavy atom. The Bertz CT molecular complexity index is 1780. The quantitative estimate of drug-likeness (QED) is 0.121. The van der Waals surface area contributed by atoms with Crippen molar-refractivity contribution < 1.29 is 44.6 Å². The summed E-state index contributed by atoms with van der Waals surface area (Å²) in [6, 6.07) is 17.0. The van der Waals surface area contributed by atoms with Crippen molar-refractivity contribution >= 4 is 21.6 Å². The largest absolute Gasteiger partial charge is 0.573 e. The van der Waals surface area contributed by atoms with Gasteiger partial charge in [-0.15, -0.1) is 31.1 Å². The van der Waals surface area contributed by atoms with Crippen molar-refractivity contribution in [2.75, 3.05) is 0 Å². The van der Waals surface area contributed by atoms with Crippen LogP contribution in [0.4, 0.5) is 35.1 Å². The van der Waals surface area contributed by atoms with Crippen molar-refractivity contribution in [1.29, 1.82) is 0 Å². The number of ether oxygens (including phenoxy) is 2. The van der Waals surface area contributed by atoms with Crippen LogP contribution >= 0.6 is 11.3 Å². The molecule has 0 radical (unpaired) electrons. The fourth-order valence-electron chi connectivity index (χ4n) is 4.28. The van der Waals surface area contributed by atoms with Gasteiger partial charge in [-0.1, -0.05) is 48.5 Å². The molecule has 0 fully saturated rings. The molecule has 0 unspecified atom stereocenters. The summed E-state index contributed by atoms with van der Waals surface area (Å²) < 4.78 is 118. The molecule has 222 valence electrons. The highest BCUT2D eigenvalue weighted by molar-refractivity contribution is 7.18. The fourth-order valence-corrected chi connectivity index (χ4v) is 5.20. The van der Waals surface area contributed by atoms with Crippen molar-refractivity contribution in [3.63, 3.8) is 0 Å². The lowest BCUT2D eigenvalue weighted by Gasteiger charge is -2.17. The van der Waals surface area contributed by atoms with Crippen LogP contribution in [-0.2, 0) is 12.5 Å². The number of aryl methyl sites for hydroxylation is 1. The first-order valence-corrected chi connectivity index (χ1v) is 13.4. The average molecular weight is 622 g/mol. The summed E-state index contributed by atoms with van der Waals surface area (Å²) in [4.78, 5) is 3.81. The van der Waals surface area contributed by atoms with E-state index in [1.165, 1.54) is 24.3 Å². The van der Waals surface area contributed by atoms with E-state index in [2.05, 4.69) is 21.0 Å². The summed E-state index contributed by atoms with van der Waals surface area (Å²) in [5.74, 6) is -7.24. The van der Waals surface area contributed by atoms with E-state index in [0.717, 1.165) is 24.0 Å². The van der Waals surface area contributed by atoms with Crippen LogP contribution in [0.15, 0.2) is 85.5 Å². The highest BCUT2D eigenvalue weighted by Crippen LogP contribution is 2.40. The number of hydrogen-bond donors (Lipinski definition) is 0. The highest BCUT2D eigenvalue weighted by atomic mass is 32.1. The molecule has 0 aliphatic carbocycles. The van der Waals surface area contributed by atoms with E-state index < -0.39 is 46.4 Å². The lowest BCUT2D eigenvalue weighted by atomic mass is 9.98. The van der Waals surface area contributed by atoms with Gasteiger partial charge in [0.2, 0.25) is 10.8 Å². The van der Waals surface area contributed by atoms with Gasteiger partial charge in [0.1, 0.15) is 11.6 Å². The van der Waals surface area contributed by atoms with E-state index in [4.69, 9.17) is 0 Å². The Kier molecular flexibility index (Phi) is 8.15. The van der Waals surface area contributed by atoms with Gasteiger partial charge in [0.25, 0.3) is 0 Å². The highest BCUT2D eigenvalue weighted by Gasteiger charge is 2.40. The average Bonchev–Trinajstić information content (AvgIpc) is 3.38. The van der Waals surface area contributed by atoms with E-state index >= 15 is 4.39 Å². The molecule has 5 rings (SSSR count). The number of aromatic nitrogens is 1. The molecule has 43 heavy (non-hydrogen) atoms. The van der Waals surface area contributed by atoms with Crippen LogP contribution in [0.25, 0.3) is 32.5 Å². The van der Waals surface area contributed by atoms with Gasteiger partial charge in [-0.2, -0.15) is 8.78 Å². The molecule has 0 amide bonds. The molecule has 0 atom stereocenters. The standard InChI is InChI=1S/C31H19F8NO2S/c1-2-3-4-17-5-7-18(8-6-17)19-9-11-22(23(32)13-19)20-10-12-26-27(14-20)43-29(40-26)30(35,36)41-21-15-24(33)28(25(34)16-21)42-31(37,38)39/h2,5-16H,1,3-4H2. The van der Waals surface area contributed by atoms with Crippen molar-refractivity contribution in [3.05, 3.63) is 113 Å². The molecule has 4 aromatic carbocycles. The van der Waals surface area contributed by atoms with Gasteiger partial charge in [-0.25, -0.2) is 18.2 Å². The SMILES string of the molecule is C=CCCc1ccc(-c2ccc(-c3ccc4nc(C(F)(F)Oc5cc(F)c(OC(F)(F)F)c(F)c5)sc4c3)c(F)c2)cc1. The van der Waals surface area contributed by atoms with Crippen LogP contribution in [-0.4, -0.2) is 11.3 Å². The number of allylic oxidation sites excluding steroid dienone is 1. The number of hydrogen-bond acceptors (Lipinski definition) is 4. The first-order chi connectivity index (χ1) is 20.3. The number of fused-ring (bicyclic) bond motifs is 1. The van der Waals surface area contributed by atoms with Gasteiger partial charge in [0.15, 0.2) is 11.6 Å². The molecule has 0 spiro atoms. The Labute approximate surface area is 243 Å². The zero-order chi connectivity index (χ0) is 30.9. The van der Waals surface area contributed by atoms with E-state index in [0.29, 0.717) is 22.5 Å². The topological polar surface area (TPSA) is 31.4 Å². The second-order valence-corrected chi connectivity index (χ2v) is 10.3. The molecular formula is C31H19F8NO2S. The maximum Gasteiger partial charge on any atom is 0.573 e. The Morgan fingerprint density at radius 1 is 0.744 bits per heavy atom. The van der Waals surface area contributed by atoms with Crippen molar-refractivity contribution in [3.8, 4) is 33.8 Å². The smallest absolute Gasteiger partial charge is 0.427 e. The van der Waals surface area contributed by atoms with Crippen molar-refractivity contribution in [1.82, 2.24) is 4.98 Å². The fraction of sp³-hybridized carbons (Fsp3) is 0.129. The van der Waals surface area contributed by atoms with Crippen LogP contribution in [0.5, 0.6) is 11.5 Å². The zero-order valence-electron chi connectivity index (χ0n) is 21.8. The van der Waals surface area contributed by atoms with Crippen LogP contribution < -0.4 is 9.47 Å². The minimum Gasteiger partial charge on any atom is -0.427 e. The molecule has 0 bridgehead atoms. The van der Waals surface area contributed by atoms with E-state index in [-0.39, 0.29) is 27.9 Å². The third-order valence-corrected chi connectivity index (χ3v) is 7.35. The summed E-state index contributed by atoms with van der Waals surface area (Å²) in [5, 5.41) is -0.900. The van der Waals surface area contributed by atoms with Crippen LogP contribution in [0.1, 0.15) is 17.0 Å². The Morgan fingerprint density at radius 3 is 2.02 bits per heavy atom. The van der Waals surface area contributed by atoms with E-state index in [1.54, 1.807) is 12.1 Å². The van der Waals surface area contributed by atoms with Crippen LogP contribution in [0.3, 0.4) is 0 Å². The molecule has 1 aromatic heterocycles. The second kappa shape index (κ2) is 11.7. The molecule has 0 saturated heterocycles. The van der Waals surface area contributed by atoms with Crippen molar-refractivity contribution in [2.45, 2.75) is 25.3 Å². The maximum absolute atomic E-state index is 15.2. The molecule has 12 heteroatoms. The number of benzene rings is 4. The summed E-state index contributed by atoms with van der Waals surface area (Å²) in [7, 11) is 0. The molecular weight excluding hydrogens is 602 g/mol. The minimum absolute atomic E-state index is 0.117. The summed E-state index contributed by atoms with van der Waals surface area (Å²) in [6.45, 7) is 3.71. The predicted octanol–water partition coefficient (Wildman–Crippen LogP) is 10.2. The number of nitrogens with zero attached hydrogens (tertiary/aromatic N) is 1. The molecule has 0 N–H and O–H groups in total. The molecule has 0 aliphatic heterocycles. The summed E-state index contributed by atoms with van der Waals surface area (Å²) in [6.07, 6.45) is -6.10. The summed E-state index contributed by atoms with van der Waals surface area (Å²) in [5.41, 5.74) is 3.33. The molecule has 3 nitrogen and oxygen atoms in total. The predicted molar refractivity (Wildman–Crippen MR) is 147 cm³/mol.